The lowest BCUT2D eigenvalue weighted by Crippen LogP contribution is -2.27. The van der Waals surface area contributed by atoms with Crippen LogP contribution in [0.2, 0.25) is 0 Å². The molecule has 0 aromatic carbocycles. The molecular weight excluding hydrogens is 275 g/mol. The molecule has 2 rings (SSSR count). The smallest absolute Gasteiger partial charge is 0.338 e. The Hall–Kier alpha value is -2.25. The molecule has 106 valence electrons. The van der Waals surface area contributed by atoms with Crippen molar-refractivity contribution in [3.8, 4) is 11.5 Å². The number of hydrogen-bond donors (Lipinski definition) is 0. The maximum Gasteiger partial charge on any atom is 0.450 e. The van der Waals surface area contributed by atoms with Crippen LogP contribution in [0, 0.1) is 6.92 Å². The number of nitrogens with zero attached hydrogens (tertiary/aromatic N) is 3. The van der Waals surface area contributed by atoms with Gasteiger partial charge < -0.3 is 4.52 Å². The molecule has 0 saturated carbocycles. The van der Waals surface area contributed by atoms with Gasteiger partial charge in [0.15, 0.2) is 0 Å². The Kier molecular flexibility index (Phi) is 3.56. The lowest BCUT2D eigenvalue weighted by Gasteiger charge is -2.08. The summed E-state index contributed by atoms with van der Waals surface area (Å²) in [5.41, 5.74) is 1.07. The average Bonchev–Trinajstić information content (AvgIpc) is 2.85. The standard InChI is InChI=1S/C12H10F3N3O2/c1-6-4-3-5-8(16-6)10-17-11(20-18-10)7(2)9(19)12(13,14)15/h3-5,7H,1-2H3. The zero-order chi connectivity index (χ0) is 14.9. The predicted molar refractivity (Wildman–Crippen MR) is 61.7 cm³/mol. The van der Waals surface area contributed by atoms with Gasteiger partial charge in [0.1, 0.15) is 11.6 Å². The number of pyridine rings is 1. The van der Waals surface area contributed by atoms with Crippen molar-refractivity contribution < 1.29 is 22.5 Å². The highest BCUT2D eigenvalue weighted by Gasteiger charge is 2.44. The Morgan fingerprint density at radius 2 is 2.00 bits per heavy atom. The van der Waals surface area contributed by atoms with E-state index in [2.05, 4.69) is 15.1 Å². The molecule has 2 aromatic rings. The van der Waals surface area contributed by atoms with Crippen LogP contribution in [-0.2, 0) is 4.79 Å². The first-order valence-corrected chi connectivity index (χ1v) is 5.67. The third-order valence-electron chi connectivity index (χ3n) is 2.60. The van der Waals surface area contributed by atoms with Gasteiger partial charge in [-0.05, 0) is 26.0 Å². The molecule has 1 atom stereocenters. The number of Topliss-reactive ketones (excluding diaryl/α,β-unsaturated/α-hetero) is 1. The van der Waals surface area contributed by atoms with Gasteiger partial charge in [0.2, 0.25) is 17.5 Å². The maximum absolute atomic E-state index is 12.3. The zero-order valence-electron chi connectivity index (χ0n) is 10.6. The Bertz CT molecular complexity index is 637. The highest BCUT2D eigenvalue weighted by Crippen LogP contribution is 2.27. The average molecular weight is 285 g/mol. The summed E-state index contributed by atoms with van der Waals surface area (Å²) in [6.45, 7) is 2.82. The van der Waals surface area contributed by atoms with Crippen LogP contribution in [0.5, 0.6) is 0 Å². The highest BCUT2D eigenvalue weighted by molar-refractivity contribution is 5.89. The summed E-state index contributed by atoms with van der Waals surface area (Å²) in [6.07, 6.45) is -4.93. The number of ketones is 1. The van der Waals surface area contributed by atoms with Crippen molar-refractivity contribution >= 4 is 5.78 Å². The van der Waals surface area contributed by atoms with Crippen molar-refractivity contribution in [2.75, 3.05) is 0 Å². The van der Waals surface area contributed by atoms with E-state index in [0.29, 0.717) is 11.4 Å². The van der Waals surface area contributed by atoms with Crippen LogP contribution in [0.1, 0.15) is 24.4 Å². The minimum absolute atomic E-state index is 0.0468. The SMILES string of the molecule is Cc1cccc(-c2noc(C(C)C(=O)C(F)(F)F)n2)n1. The summed E-state index contributed by atoms with van der Waals surface area (Å²) in [6, 6.07) is 5.05. The van der Waals surface area contributed by atoms with Crippen molar-refractivity contribution in [3.63, 3.8) is 0 Å². The molecule has 0 spiro atoms. The minimum Gasteiger partial charge on any atom is -0.338 e. The molecule has 0 saturated heterocycles. The third-order valence-corrected chi connectivity index (χ3v) is 2.60. The molecule has 0 fully saturated rings. The van der Waals surface area contributed by atoms with Crippen LogP contribution >= 0.6 is 0 Å². The van der Waals surface area contributed by atoms with Crippen molar-refractivity contribution in [1.29, 1.82) is 0 Å². The van der Waals surface area contributed by atoms with E-state index in [4.69, 9.17) is 4.52 Å². The number of alkyl halides is 3. The van der Waals surface area contributed by atoms with Crippen LogP contribution in [0.3, 0.4) is 0 Å². The first kappa shape index (κ1) is 14.2. The molecule has 0 N–H and O–H groups in total. The van der Waals surface area contributed by atoms with Gasteiger partial charge in [-0.15, -0.1) is 0 Å². The summed E-state index contributed by atoms with van der Waals surface area (Å²) >= 11 is 0. The largest absolute Gasteiger partial charge is 0.450 e. The fourth-order valence-electron chi connectivity index (χ4n) is 1.54. The van der Waals surface area contributed by atoms with Gasteiger partial charge in [-0.25, -0.2) is 4.98 Å². The van der Waals surface area contributed by atoms with E-state index in [0.717, 1.165) is 6.92 Å². The summed E-state index contributed by atoms with van der Waals surface area (Å²) in [4.78, 5) is 19.0. The van der Waals surface area contributed by atoms with E-state index in [1.807, 2.05) is 0 Å². The Balaban J connectivity index is 2.28. The van der Waals surface area contributed by atoms with Crippen molar-refractivity contribution in [1.82, 2.24) is 15.1 Å². The minimum atomic E-state index is -4.93. The number of halogens is 3. The zero-order valence-corrected chi connectivity index (χ0v) is 10.6. The first-order chi connectivity index (χ1) is 9.29. The summed E-state index contributed by atoms with van der Waals surface area (Å²) in [5, 5.41) is 3.54. The number of aromatic nitrogens is 3. The van der Waals surface area contributed by atoms with Gasteiger partial charge in [0.05, 0.1) is 0 Å². The van der Waals surface area contributed by atoms with E-state index in [1.165, 1.54) is 0 Å². The number of aryl methyl sites for hydroxylation is 1. The van der Waals surface area contributed by atoms with Crippen molar-refractivity contribution in [2.45, 2.75) is 25.9 Å². The maximum atomic E-state index is 12.3. The second-order valence-corrected chi connectivity index (χ2v) is 4.20. The number of rotatable bonds is 3. The third kappa shape index (κ3) is 2.84. The molecule has 5 nitrogen and oxygen atoms in total. The highest BCUT2D eigenvalue weighted by atomic mass is 19.4. The molecule has 0 radical (unpaired) electrons. The molecule has 1 unspecified atom stereocenters. The molecule has 8 heteroatoms. The Morgan fingerprint density at radius 1 is 1.30 bits per heavy atom. The molecule has 2 aromatic heterocycles. The monoisotopic (exact) mass is 285 g/mol. The van der Waals surface area contributed by atoms with Gasteiger partial charge >= 0.3 is 6.18 Å². The molecule has 0 bridgehead atoms. The quantitative estimate of drug-likeness (QED) is 0.867. The van der Waals surface area contributed by atoms with E-state index in [1.54, 1.807) is 25.1 Å². The molecule has 0 amide bonds. The summed E-state index contributed by atoms with van der Waals surface area (Å²) in [5.74, 6) is -3.80. The first-order valence-electron chi connectivity index (χ1n) is 5.67. The van der Waals surface area contributed by atoms with Gasteiger partial charge in [0, 0.05) is 5.69 Å². The lowest BCUT2D eigenvalue weighted by molar-refractivity contribution is -0.172. The Morgan fingerprint density at radius 3 is 2.60 bits per heavy atom. The lowest BCUT2D eigenvalue weighted by atomic mass is 10.1. The van der Waals surface area contributed by atoms with Gasteiger partial charge in [-0.3, -0.25) is 4.79 Å². The molecule has 0 aliphatic rings. The summed E-state index contributed by atoms with van der Waals surface area (Å²) < 4.78 is 41.7. The van der Waals surface area contributed by atoms with E-state index >= 15 is 0 Å². The molecule has 0 aliphatic carbocycles. The second kappa shape index (κ2) is 5.03. The normalized spacial score (nSPS) is 13.2. The van der Waals surface area contributed by atoms with Crippen molar-refractivity contribution in [3.05, 3.63) is 29.8 Å². The van der Waals surface area contributed by atoms with Crippen LogP contribution in [0.15, 0.2) is 22.7 Å². The van der Waals surface area contributed by atoms with E-state index in [-0.39, 0.29) is 11.7 Å². The number of hydrogen-bond acceptors (Lipinski definition) is 5. The molecular formula is C12H10F3N3O2. The fourth-order valence-corrected chi connectivity index (χ4v) is 1.54. The Labute approximate surface area is 111 Å². The topological polar surface area (TPSA) is 68.9 Å². The van der Waals surface area contributed by atoms with E-state index in [9.17, 15) is 18.0 Å². The van der Waals surface area contributed by atoms with Crippen LogP contribution < -0.4 is 0 Å². The van der Waals surface area contributed by atoms with Gasteiger partial charge in [0.25, 0.3) is 0 Å². The molecule has 20 heavy (non-hydrogen) atoms. The number of carbonyl (C=O) groups excluding carboxylic acids is 1. The fraction of sp³-hybridized carbons (Fsp3) is 0.333. The molecule has 2 heterocycles. The van der Waals surface area contributed by atoms with Crippen LogP contribution in [0.25, 0.3) is 11.5 Å². The van der Waals surface area contributed by atoms with E-state index < -0.39 is 17.9 Å². The van der Waals surface area contributed by atoms with Crippen LogP contribution in [0.4, 0.5) is 13.2 Å². The second-order valence-electron chi connectivity index (χ2n) is 4.20. The van der Waals surface area contributed by atoms with Gasteiger partial charge in [-0.1, -0.05) is 11.2 Å². The number of carbonyl (C=O) groups is 1. The molecule has 0 aliphatic heterocycles. The van der Waals surface area contributed by atoms with Crippen LogP contribution in [-0.4, -0.2) is 27.1 Å². The van der Waals surface area contributed by atoms with Gasteiger partial charge in [-0.2, -0.15) is 18.2 Å². The predicted octanol–water partition coefficient (Wildman–Crippen LogP) is 2.67. The summed E-state index contributed by atoms with van der Waals surface area (Å²) in [7, 11) is 0. The van der Waals surface area contributed by atoms with Crippen molar-refractivity contribution in [2.24, 2.45) is 0 Å².